The second-order valence-electron chi connectivity index (χ2n) is 5.15. The number of hydrogen-bond donors (Lipinski definition) is 3. The van der Waals surface area contributed by atoms with Crippen molar-refractivity contribution in [2.75, 3.05) is 18.4 Å². The third-order valence-corrected chi connectivity index (χ3v) is 4.65. The number of carbonyl (C=O) groups is 1. The molecule has 0 saturated carbocycles. The van der Waals surface area contributed by atoms with Gasteiger partial charge in [0.05, 0.1) is 15.6 Å². The van der Waals surface area contributed by atoms with Crippen LogP contribution in [0.5, 0.6) is 0 Å². The van der Waals surface area contributed by atoms with Gasteiger partial charge in [-0.1, -0.05) is 11.6 Å². The summed E-state index contributed by atoms with van der Waals surface area (Å²) in [5.41, 5.74) is 0.261. The molecule has 1 aromatic carbocycles. The molecular formula is C13H18ClN3O3S. The number of amides is 1. The molecule has 1 heterocycles. The van der Waals surface area contributed by atoms with Crippen LogP contribution in [0.4, 0.5) is 5.69 Å². The summed E-state index contributed by atoms with van der Waals surface area (Å²) in [6.07, 6.45) is 2.44. The summed E-state index contributed by atoms with van der Waals surface area (Å²) in [6, 6.07) is 3.98. The van der Waals surface area contributed by atoms with Crippen LogP contribution in [-0.2, 0) is 14.8 Å². The van der Waals surface area contributed by atoms with Crippen LogP contribution in [0.3, 0.4) is 0 Å². The number of nitrogens with two attached hydrogens (primary N) is 1. The fourth-order valence-electron chi connectivity index (χ4n) is 2.34. The van der Waals surface area contributed by atoms with E-state index < -0.39 is 10.0 Å². The van der Waals surface area contributed by atoms with E-state index in [1.165, 1.54) is 18.2 Å². The molecular weight excluding hydrogens is 314 g/mol. The molecule has 0 aliphatic carbocycles. The van der Waals surface area contributed by atoms with Gasteiger partial charge < -0.3 is 10.6 Å². The van der Waals surface area contributed by atoms with Crippen LogP contribution in [0.2, 0.25) is 5.02 Å². The Labute approximate surface area is 129 Å². The van der Waals surface area contributed by atoms with Crippen molar-refractivity contribution in [3.05, 3.63) is 23.2 Å². The molecule has 0 spiro atoms. The Kier molecular flexibility index (Phi) is 5.21. The monoisotopic (exact) mass is 331 g/mol. The minimum atomic E-state index is -3.83. The first kappa shape index (κ1) is 16.2. The van der Waals surface area contributed by atoms with Crippen molar-refractivity contribution in [1.29, 1.82) is 0 Å². The molecule has 1 saturated heterocycles. The van der Waals surface area contributed by atoms with E-state index in [4.69, 9.17) is 16.7 Å². The van der Waals surface area contributed by atoms with Crippen LogP contribution >= 0.6 is 11.6 Å². The zero-order valence-corrected chi connectivity index (χ0v) is 13.0. The molecule has 4 N–H and O–H groups in total. The molecule has 0 aromatic heterocycles. The maximum absolute atomic E-state index is 12.0. The predicted molar refractivity (Wildman–Crippen MR) is 81.7 cm³/mol. The van der Waals surface area contributed by atoms with E-state index in [2.05, 4.69) is 10.6 Å². The van der Waals surface area contributed by atoms with E-state index in [0.717, 1.165) is 25.9 Å². The van der Waals surface area contributed by atoms with Crippen LogP contribution in [0.1, 0.15) is 19.3 Å². The number of rotatable bonds is 4. The van der Waals surface area contributed by atoms with Crippen LogP contribution in [0, 0.1) is 5.92 Å². The van der Waals surface area contributed by atoms with Crippen LogP contribution in [0.15, 0.2) is 23.1 Å². The second kappa shape index (κ2) is 6.74. The number of piperidine rings is 1. The van der Waals surface area contributed by atoms with Gasteiger partial charge in [-0.2, -0.15) is 0 Å². The first-order valence-corrected chi connectivity index (χ1v) is 8.61. The van der Waals surface area contributed by atoms with Crippen LogP contribution < -0.4 is 15.8 Å². The maximum Gasteiger partial charge on any atom is 0.238 e. The van der Waals surface area contributed by atoms with Crippen molar-refractivity contribution in [3.8, 4) is 0 Å². The quantitative estimate of drug-likeness (QED) is 0.774. The molecule has 2 rings (SSSR count). The van der Waals surface area contributed by atoms with E-state index in [-0.39, 0.29) is 21.5 Å². The van der Waals surface area contributed by atoms with E-state index >= 15 is 0 Å². The number of sulfonamides is 1. The Bertz CT molecular complexity index is 628. The third kappa shape index (κ3) is 4.67. The molecule has 8 heteroatoms. The highest BCUT2D eigenvalue weighted by Crippen LogP contribution is 2.25. The van der Waals surface area contributed by atoms with Gasteiger partial charge in [-0.25, -0.2) is 13.6 Å². The summed E-state index contributed by atoms with van der Waals surface area (Å²) in [6.45, 7) is 1.80. The fraction of sp³-hybridized carbons (Fsp3) is 0.462. The molecule has 1 aliphatic heterocycles. The highest BCUT2D eigenvalue weighted by atomic mass is 35.5. The molecule has 1 fully saturated rings. The summed E-state index contributed by atoms with van der Waals surface area (Å²) in [7, 11) is -3.83. The molecule has 1 aliphatic rings. The fourth-order valence-corrected chi connectivity index (χ4v) is 3.04. The topological polar surface area (TPSA) is 101 Å². The van der Waals surface area contributed by atoms with E-state index in [9.17, 15) is 13.2 Å². The molecule has 116 valence electrons. The van der Waals surface area contributed by atoms with Crippen molar-refractivity contribution >= 4 is 33.2 Å². The number of anilines is 1. The molecule has 1 amide bonds. The van der Waals surface area contributed by atoms with Gasteiger partial charge in [-0.3, -0.25) is 4.79 Å². The number of carbonyl (C=O) groups excluding carboxylic acids is 1. The summed E-state index contributed by atoms with van der Waals surface area (Å²) in [4.78, 5) is 11.9. The average molecular weight is 332 g/mol. The lowest BCUT2D eigenvalue weighted by molar-refractivity contribution is -0.117. The first-order valence-electron chi connectivity index (χ1n) is 6.69. The minimum absolute atomic E-state index is 0.0819. The van der Waals surface area contributed by atoms with E-state index in [1.54, 1.807) is 0 Å². The number of benzene rings is 1. The van der Waals surface area contributed by atoms with E-state index in [0.29, 0.717) is 12.3 Å². The Morgan fingerprint density at radius 2 is 2.24 bits per heavy atom. The largest absolute Gasteiger partial charge is 0.325 e. The average Bonchev–Trinajstić information content (AvgIpc) is 2.41. The SMILES string of the molecule is NS(=O)(=O)c1ccc(Cl)c(NC(=O)CC2CCCNC2)c1. The first-order chi connectivity index (χ1) is 9.86. The van der Waals surface area contributed by atoms with Gasteiger partial charge in [-0.15, -0.1) is 0 Å². The van der Waals surface area contributed by atoms with Crippen molar-refractivity contribution < 1.29 is 13.2 Å². The van der Waals surface area contributed by atoms with Crippen molar-refractivity contribution in [1.82, 2.24) is 5.32 Å². The lowest BCUT2D eigenvalue weighted by Crippen LogP contribution is -2.32. The summed E-state index contributed by atoms with van der Waals surface area (Å²) in [5, 5.41) is 11.2. The van der Waals surface area contributed by atoms with E-state index in [1.807, 2.05) is 0 Å². The smallest absolute Gasteiger partial charge is 0.238 e. The van der Waals surface area contributed by atoms with Gasteiger partial charge in [0.1, 0.15) is 0 Å². The minimum Gasteiger partial charge on any atom is -0.325 e. The highest BCUT2D eigenvalue weighted by Gasteiger charge is 2.18. The summed E-state index contributed by atoms with van der Waals surface area (Å²) in [5.74, 6) is 0.108. The second-order valence-corrected chi connectivity index (χ2v) is 7.12. The van der Waals surface area contributed by atoms with Gasteiger partial charge in [-0.05, 0) is 50.0 Å². The van der Waals surface area contributed by atoms with Crippen molar-refractivity contribution in [2.24, 2.45) is 11.1 Å². The van der Waals surface area contributed by atoms with Gasteiger partial charge in [0, 0.05) is 6.42 Å². The Morgan fingerprint density at radius 1 is 1.48 bits per heavy atom. The number of nitrogens with one attached hydrogen (secondary N) is 2. The number of primary sulfonamides is 1. The molecule has 21 heavy (non-hydrogen) atoms. The zero-order chi connectivity index (χ0) is 15.5. The molecule has 1 unspecified atom stereocenters. The van der Waals surface area contributed by atoms with Gasteiger partial charge in [0.2, 0.25) is 15.9 Å². The molecule has 0 radical (unpaired) electrons. The summed E-state index contributed by atoms with van der Waals surface area (Å²) >= 11 is 5.97. The number of halogens is 1. The zero-order valence-electron chi connectivity index (χ0n) is 11.4. The Morgan fingerprint density at radius 3 is 2.86 bits per heavy atom. The Hall–Kier alpha value is -1.15. The number of hydrogen-bond acceptors (Lipinski definition) is 4. The van der Waals surface area contributed by atoms with Gasteiger partial charge in [0.15, 0.2) is 0 Å². The molecule has 1 aromatic rings. The van der Waals surface area contributed by atoms with Gasteiger partial charge in [0.25, 0.3) is 0 Å². The predicted octanol–water partition coefficient (Wildman–Crippen LogP) is 1.32. The maximum atomic E-state index is 12.0. The Balaban J connectivity index is 2.06. The molecule has 1 atom stereocenters. The third-order valence-electron chi connectivity index (χ3n) is 3.41. The highest BCUT2D eigenvalue weighted by molar-refractivity contribution is 7.89. The standard InChI is InChI=1S/C13H18ClN3O3S/c14-11-4-3-10(21(15,19)20)7-12(11)17-13(18)6-9-2-1-5-16-8-9/h3-4,7,9,16H,1-2,5-6,8H2,(H,17,18)(H2,15,19,20). The molecule has 6 nitrogen and oxygen atoms in total. The van der Waals surface area contributed by atoms with Crippen molar-refractivity contribution in [3.63, 3.8) is 0 Å². The lowest BCUT2D eigenvalue weighted by atomic mass is 9.96. The summed E-state index contributed by atoms with van der Waals surface area (Å²) < 4.78 is 22.6. The van der Waals surface area contributed by atoms with Gasteiger partial charge >= 0.3 is 0 Å². The lowest BCUT2D eigenvalue weighted by Gasteiger charge is -2.22. The molecule has 0 bridgehead atoms. The van der Waals surface area contributed by atoms with Crippen molar-refractivity contribution in [2.45, 2.75) is 24.2 Å². The van der Waals surface area contributed by atoms with Crippen LogP contribution in [0.25, 0.3) is 0 Å². The normalized spacial score (nSPS) is 19.2. The van der Waals surface area contributed by atoms with Crippen LogP contribution in [-0.4, -0.2) is 27.4 Å².